The first-order valence-corrected chi connectivity index (χ1v) is 8.41. The molecule has 2 heterocycles. The van der Waals surface area contributed by atoms with Gasteiger partial charge in [-0.05, 0) is 39.0 Å². The number of aromatic nitrogens is 4. The monoisotopic (exact) mass is 365 g/mol. The molecule has 0 saturated carbocycles. The molecule has 3 aromatic rings. The van der Waals surface area contributed by atoms with Crippen molar-refractivity contribution >= 4 is 17.6 Å². The molecular weight excluding hydrogens is 346 g/mol. The third-order valence-corrected chi connectivity index (χ3v) is 3.87. The summed E-state index contributed by atoms with van der Waals surface area (Å²) < 4.78 is 6.65. The largest absolute Gasteiger partial charge is 0.462 e. The fourth-order valence-corrected chi connectivity index (χ4v) is 2.50. The van der Waals surface area contributed by atoms with Crippen molar-refractivity contribution in [2.45, 2.75) is 20.8 Å². The lowest BCUT2D eigenvalue weighted by atomic mass is 10.2. The van der Waals surface area contributed by atoms with Crippen LogP contribution in [0.4, 0.5) is 5.69 Å². The molecule has 0 fully saturated rings. The molecule has 0 aliphatic rings. The maximum absolute atomic E-state index is 12.3. The van der Waals surface area contributed by atoms with Gasteiger partial charge >= 0.3 is 5.97 Å². The van der Waals surface area contributed by atoms with Gasteiger partial charge in [0, 0.05) is 11.9 Å². The summed E-state index contributed by atoms with van der Waals surface area (Å²) in [5.74, 6) is -0.771. The number of nitrogens with zero attached hydrogens (tertiary/aromatic N) is 4. The topological polar surface area (TPSA) is 99.0 Å². The minimum atomic E-state index is -0.413. The molecule has 1 amide bonds. The molecule has 8 heteroatoms. The van der Waals surface area contributed by atoms with Gasteiger partial charge < -0.3 is 10.1 Å². The molecule has 0 spiro atoms. The molecule has 0 bridgehead atoms. The van der Waals surface area contributed by atoms with Crippen LogP contribution in [0.5, 0.6) is 0 Å². The Bertz CT molecular complexity index is 979. The van der Waals surface area contributed by atoms with Crippen LogP contribution in [0.15, 0.2) is 42.9 Å². The normalized spacial score (nSPS) is 10.5. The highest BCUT2D eigenvalue weighted by molar-refractivity contribution is 6.02. The summed E-state index contributed by atoms with van der Waals surface area (Å²) in [6, 6.07) is 7.13. The van der Waals surface area contributed by atoms with E-state index in [9.17, 15) is 9.59 Å². The zero-order valence-electron chi connectivity index (χ0n) is 15.3. The summed E-state index contributed by atoms with van der Waals surface area (Å²) in [6.45, 7) is 5.64. The lowest BCUT2D eigenvalue weighted by Gasteiger charge is -2.09. The third kappa shape index (κ3) is 4.00. The molecule has 0 aliphatic carbocycles. The van der Waals surface area contributed by atoms with Crippen LogP contribution >= 0.6 is 0 Å². The second-order valence-electron chi connectivity index (χ2n) is 5.82. The van der Waals surface area contributed by atoms with Gasteiger partial charge in [0.1, 0.15) is 11.3 Å². The predicted octanol–water partition coefficient (Wildman–Crippen LogP) is 2.71. The first-order valence-electron chi connectivity index (χ1n) is 8.41. The smallest absolute Gasteiger partial charge is 0.341 e. The molecule has 0 aliphatic heterocycles. The number of benzene rings is 1. The first-order chi connectivity index (χ1) is 13.0. The van der Waals surface area contributed by atoms with Gasteiger partial charge in [-0.2, -0.15) is 5.10 Å². The van der Waals surface area contributed by atoms with Gasteiger partial charge in [-0.15, -0.1) is 0 Å². The number of aryl methyl sites for hydroxylation is 1. The van der Waals surface area contributed by atoms with Gasteiger partial charge in [-0.25, -0.2) is 14.5 Å². The van der Waals surface area contributed by atoms with E-state index in [1.807, 2.05) is 6.07 Å². The average Bonchev–Trinajstić information content (AvgIpc) is 3.04. The van der Waals surface area contributed by atoms with Gasteiger partial charge in [-0.3, -0.25) is 9.78 Å². The van der Waals surface area contributed by atoms with Crippen LogP contribution in [-0.2, 0) is 4.74 Å². The van der Waals surface area contributed by atoms with Crippen LogP contribution in [0.3, 0.4) is 0 Å². The Kier molecular flexibility index (Phi) is 5.25. The summed E-state index contributed by atoms with van der Waals surface area (Å²) in [5.41, 5.74) is 3.30. The molecule has 3 rings (SSSR count). The number of nitrogens with one attached hydrogen (secondary N) is 1. The van der Waals surface area contributed by atoms with Crippen LogP contribution in [-0.4, -0.2) is 38.2 Å². The lowest BCUT2D eigenvalue weighted by molar-refractivity contribution is 0.0525. The Morgan fingerprint density at radius 1 is 1.15 bits per heavy atom. The Morgan fingerprint density at radius 2 is 1.96 bits per heavy atom. The molecular formula is C19H19N5O3. The summed E-state index contributed by atoms with van der Waals surface area (Å²) in [6.07, 6.45) is 4.44. The SMILES string of the molecule is CCOC(=O)c1cnn(-c2cccc(NC(=O)c3cnc(C)cn3)c2)c1C. The van der Waals surface area contributed by atoms with Crippen molar-refractivity contribution in [1.82, 2.24) is 19.7 Å². The summed E-state index contributed by atoms with van der Waals surface area (Å²) in [5, 5.41) is 7.04. The Balaban J connectivity index is 1.83. The Morgan fingerprint density at radius 3 is 2.67 bits per heavy atom. The molecule has 0 saturated heterocycles. The molecule has 8 nitrogen and oxygen atoms in total. The number of carbonyl (C=O) groups excluding carboxylic acids is 2. The quantitative estimate of drug-likeness (QED) is 0.698. The second-order valence-corrected chi connectivity index (χ2v) is 5.82. The van der Waals surface area contributed by atoms with Crippen LogP contribution < -0.4 is 5.32 Å². The van der Waals surface area contributed by atoms with Crippen molar-refractivity contribution in [2.75, 3.05) is 11.9 Å². The highest BCUT2D eigenvalue weighted by Gasteiger charge is 2.16. The van der Waals surface area contributed by atoms with E-state index in [1.165, 1.54) is 18.6 Å². The minimum absolute atomic E-state index is 0.228. The second kappa shape index (κ2) is 7.77. The van der Waals surface area contributed by atoms with E-state index >= 15 is 0 Å². The van der Waals surface area contributed by atoms with E-state index in [1.54, 1.807) is 43.7 Å². The summed E-state index contributed by atoms with van der Waals surface area (Å²) in [4.78, 5) is 32.4. The van der Waals surface area contributed by atoms with Crippen molar-refractivity contribution < 1.29 is 14.3 Å². The van der Waals surface area contributed by atoms with E-state index in [0.717, 1.165) is 5.69 Å². The van der Waals surface area contributed by atoms with Crippen molar-refractivity contribution in [2.24, 2.45) is 0 Å². The third-order valence-electron chi connectivity index (χ3n) is 3.87. The van der Waals surface area contributed by atoms with E-state index in [4.69, 9.17) is 4.74 Å². The van der Waals surface area contributed by atoms with Crippen molar-refractivity contribution in [3.63, 3.8) is 0 Å². The molecule has 0 radical (unpaired) electrons. The van der Waals surface area contributed by atoms with Crippen LogP contribution in [0.1, 0.15) is 39.2 Å². The summed E-state index contributed by atoms with van der Waals surface area (Å²) in [7, 11) is 0. The van der Waals surface area contributed by atoms with Gasteiger partial charge in [0.25, 0.3) is 5.91 Å². The number of amides is 1. The highest BCUT2D eigenvalue weighted by Crippen LogP contribution is 2.19. The number of rotatable bonds is 5. The molecule has 138 valence electrons. The number of ether oxygens (including phenoxy) is 1. The lowest BCUT2D eigenvalue weighted by Crippen LogP contribution is -2.14. The molecule has 27 heavy (non-hydrogen) atoms. The van der Waals surface area contributed by atoms with E-state index in [-0.39, 0.29) is 11.6 Å². The number of esters is 1. The standard InChI is InChI=1S/C19H19N5O3/c1-4-27-19(26)16-10-22-24(13(16)3)15-7-5-6-14(8-15)23-18(25)17-11-20-12(2)9-21-17/h5-11H,4H2,1-3H3,(H,23,25). The minimum Gasteiger partial charge on any atom is -0.462 e. The van der Waals surface area contributed by atoms with Gasteiger partial charge in [0.15, 0.2) is 0 Å². The maximum Gasteiger partial charge on any atom is 0.341 e. The zero-order chi connectivity index (χ0) is 19.4. The van der Waals surface area contributed by atoms with E-state index in [0.29, 0.717) is 29.2 Å². The maximum atomic E-state index is 12.3. The van der Waals surface area contributed by atoms with Crippen molar-refractivity contribution in [3.8, 4) is 5.69 Å². The molecule has 1 aromatic carbocycles. The highest BCUT2D eigenvalue weighted by atomic mass is 16.5. The van der Waals surface area contributed by atoms with Crippen molar-refractivity contribution in [1.29, 1.82) is 0 Å². The van der Waals surface area contributed by atoms with Crippen molar-refractivity contribution in [3.05, 3.63) is 65.5 Å². The van der Waals surface area contributed by atoms with E-state index < -0.39 is 5.97 Å². The average molecular weight is 365 g/mol. The number of hydrogen-bond acceptors (Lipinski definition) is 6. The number of anilines is 1. The van der Waals surface area contributed by atoms with Crippen LogP contribution in [0.25, 0.3) is 5.69 Å². The Hall–Kier alpha value is -3.55. The van der Waals surface area contributed by atoms with Crippen LogP contribution in [0.2, 0.25) is 0 Å². The first kappa shape index (κ1) is 18.2. The van der Waals surface area contributed by atoms with Crippen LogP contribution in [0, 0.1) is 13.8 Å². The molecule has 0 unspecified atom stereocenters. The number of hydrogen-bond donors (Lipinski definition) is 1. The summed E-state index contributed by atoms with van der Waals surface area (Å²) >= 11 is 0. The number of carbonyl (C=O) groups is 2. The molecule has 2 aromatic heterocycles. The van der Waals surface area contributed by atoms with Gasteiger partial charge in [0.05, 0.1) is 36.1 Å². The van der Waals surface area contributed by atoms with Gasteiger partial charge in [0.2, 0.25) is 0 Å². The Labute approximate surface area is 156 Å². The fourth-order valence-electron chi connectivity index (χ4n) is 2.50. The fraction of sp³-hybridized carbons (Fsp3) is 0.211. The van der Waals surface area contributed by atoms with E-state index in [2.05, 4.69) is 20.4 Å². The predicted molar refractivity (Wildman–Crippen MR) is 99.0 cm³/mol. The zero-order valence-corrected chi connectivity index (χ0v) is 15.3. The molecule has 1 N–H and O–H groups in total. The molecule has 0 atom stereocenters. The van der Waals surface area contributed by atoms with Gasteiger partial charge in [-0.1, -0.05) is 6.07 Å².